The molecule has 0 N–H and O–H groups in total. The Labute approximate surface area is 298 Å². The first kappa shape index (κ1) is 29.5. The molecule has 5 unspecified atom stereocenters. The molecule has 0 radical (unpaired) electrons. The summed E-state index contributed by atoms with van der Waals surface area (Å²) in [6.45, 7) is 0. The SMILES string of the molecule is O=P([O-])([O-])Oc1c2c(c(OP(=O)([O-])[O-])c3c1C1C[C@H]3c3cc4c(cc31)C1C[C@H]4c3ccccc31)C1CC2c2cc3c(cc21)[C@@H]1CC3c2ccccc21. The number of hydrogen-bond acceptors (Lipinski definition) is 8. The van der Waals surface area contributed by atoms with Crippen LogP contribution in [0.15, 0.2) is 72.8 Å². The van der Waals surface area contributed by atoms with Gasteiger partial charge in [-0.05, 0) is 92.4 Å². The number of rotatable bonds is 4. The summed E-state index contributed by atoms with van der Waals surface area (Å²) in [5.74, 6) is -0.203. The molecule has 5 aromatic carbocycles. The highest BCUT2D eigenvalue weighted by Gasteiger charge is 2.55. The van der Waals surface area contributed by atoms with Crippen LogP contribution in [-0.2, 0) is 9.13 Å². The quantitative estimate of drug-likeness (QED) is 0.205. The Kier molecular flexibility index (Phi) is 5.21. The van der Waals surface area contributed by atoms with Gasteiger partial charge in [0.2, 0.25) is 0 Å². The lowest BCUT2D eigenvalue weighted by Crippen LogP contribution is -2.24. The zero-order valence-electron chi connectivity index (χ0n) is 27.5. The van der Waals surface area contributed by atoms with E-state index in [2.05, 4.69) is 72.8 Å². The van der Waals surface area contributed by atoms with Crippen LogP contribution >= 0.6 is 15.6 Å². The number of phosphoric ester groups is 2. The standard InChI is InChI=1S/C42H32O8P2/c43-51(44,45)49-41-37-33-15-34(30-12-26-22-9-21(25(26)11-29(30)33)17-5-1-2-6-18(17)22)38(37)42(50-52(46,47)48)40-36-16-35(39(40)41)31-13-27-23-10-24(28(27)14-32(31)36)20-8-4-3-7-19(20)23/h1-8,11-14,21-24,33-36H,9-10,15-16H2,(H2,43,44,45)(H2,46,47,48)/p-4/t21-,22?,23+,24?,33-,34?,35?,36?/m0/s1. The van der Waals surface area contributed by atoms with E-state index in [-0.39, 0.29) is 58.8 Å². The van der Waals surface area contributed by atoms with Gasteiger partial charge in [-0.1, -0.05) is 72.8 Å². The molecule has 5 aromatic rings. The molecule has 0 spiro atoms. The third-order valence-corrected chi connectivity index (χ3v) is 15.1. The van der Waals surface area contributed by atoms with Crippen LogP contribution in [0, 0.1) is 0 Å². The maximum absolute atomic E-state index is 12.6. The van der Waals surface area contributed by atoms with Crippen LogP contribution in [-0.4, -0.2) is 0 Å². The molecule has 0 amide bonds. The third-order valence-electron chi connectivity index (χ3n) is 14.3. The Hall–Kier alpha value is -4.00. The van der Waals surface area contributed by atoms with Crippen molar-refractivity contribution in [1.29, 1.82) is 0 Å². The minimum atomic E-state index is -5.56. The monoisotopic (exact) mass is 722 g/mol. The average molecular weight is 723 g/mol. The van der Waals surface area contributed by atoms with E-state index < -0.39 is 15.6 Å². The molecule has 0 saturated carbocycles. The van der Waals surface area contributed by atoms with Gasteiger partial charge >= 0.3 is 0 Å². The van der Waals surface area contributed by atoms with Crippen molar-refractivity contribution >= 4 is 15.6 Å². The Balaban J connectivity index is 1.03. The van der Waals surface area contributed by atoms with Crippen molar-refractivity contribution in [3.8, 4) is 11.5 Å². The maximum Gasteiger partial charge on any atom is 0.132 e. The molecular formula is C42H28O8P2-4. The lowest BCUT2D eigenvalue weighted by Gasteiger charge is -2.39. The summed E-state index contributed by atoms with van der Waals surface area (Å²) >= 11 is 0. The predicted octanol–water partition coefficient (Wildman–Crippen LogP) is 6.03. The van der Waals surface area contributed by atoms with E-state index in [9.17, 15) is 28.7 Å². The van der Waals surface area contributed by atoms with Gasteiger partial charge in [-0.2, -0.15) is 0 Å². The van der Waals surface area contributed by atoms with Gasteiger partial charge in [-0.3, -0.25) is 0 Å². The fourth-order valence-corrected chi connectivity index (χ4v) is 13.7. The van der Waals surface area contributed by atoms with Gasteiger partial charge in [-0.25, -0.2) is 0 Å². The normalized spacial score (nSPS) is 29.0. The van der Waals surface area contributed by atoms with E-state index in [1.807, 2.05) is 0 Å². The zero-order chi connectivity index (χ0) is 34.7. The fraction of sp³-hybridized carbons (Fsp3) is 0.286. The van der Waals surface area contributed by atoms with E-state index >= 15 is 0 Å². The molecule has 0 heterocycles. The Bertz CT molecular complexity index is 2340. The molecule has 8 aliphatic carbocycles. The van der Waals surface area contributed by atoms with Crippen molar-refractivity contribution in [2.75, 3.05) is 0 Å². The highest BCUT2D eigenvalue weighted by Crippen LogP contribution is 2.72. The third kappa shape index (κ3) is 3.46. The van der Waals surface area contributed by atoms with Gasteiger partial charge in [0.15, 0.2) is 0 Å². The van der Waals surface area contributed by atoms with Gasteiger partial charge in [-0.15, -0.1) is 0 Å². The summed E-state index contributed by atoms with van der Waals surface area (Å²) in [6.07, 6.45) is 3.10. The van der Waals surface area contributed by atoms with Gasteiger partial charge in [0, 0.05) is 69.6 Å². The molecule has 0 aromatic heterocycles. The van der Waals surface area contributed by atoms with Crippen molar-refractivity contribution in [1.82, 2.24) is 0 Å². The van der Waals surface area contributed by atoms with Crippen LogP contribution in [0.5, 0.6) is 11.5 Å². The summed E-state index contributed by atoms with van der Waals surface area (Å²) in [5, 5.41) is 0. The summed E-state index contributed by atoms with van der Waals surface area (Å²) in [6, 6.07) is 26.2. The number of fused-ring (bicyclic) bond motifs is 32. The fourth-order valence-electron chi connectivity index (χ4n) is 12.9. The molecule has 8 bridgehead atoms. The van der Waals surface area contributed by atoms with E-state index in [1.54, 1.807) is 0 Å². The van der Waals surface area contributed by atoms with Crippen LogP contribution in [0.25, 0.3) is 0 Å². The highest BCUT2D eigenvalue weighted by atomic mass is 31.2. The summed E-state index contributed by atoms with van der Waals surface area (Å²) in [7, 11) is -11.1. The van der Waals surface area contributed by atoms with Crippen LogP contribution in [0.1, 0.15) is 162 Å². The van der Waals surface area contributed by atoms with Gasteiger partial charge in [0.1, 0.15) is 27.1 Å². The second-order valence-electron chi connectivity index (χ2n) is 16.2. The van der Waals surface area contributed by atoms with Crippen molar-refractivity contribution in [3.05, 3.63) is 162 Å². The number of hydrogen-bond donors (Lipinski definition) is 0. The molecule has 0 fully saturated rings. The largest absolute Gasteiger partial charge is 0.780 e. The van der Waals surface area contributed by atoms with E-state index in [0.29, 0.717) is 35.1 Å². The predicted molar refractivity (Wildman–Crippen MR) is 182 cm³/mol. The van der Waals surface area contributed by atoms with Crippen molar-refractivity contribution in [2.45, 2.75) is 73.0 Å². The number of phosphoric acid groups is 2. The highest BCUT2D eigenvalue weighted by molar-refractivity contribution is 7.43. The molecule has 8 nitrogen and oxygen atoms in total. The molecule has 13 rings (SSSR count). The lowest BCUT2D eigenvalue weighted by molar-refractivity contribution is -0.336. The lowest BCUT2D eigenvalue weighted by atomic mass is 9.74. The second-order valence-corrected chi connectivity index (χ2v) is 18.4. The van der Waals surface area contributed by atoms with Crippen LogP contribution in [0.2, 0.25) is 0 Å². The molecule has 8 aliphatic rings. The summed E-state index contributed by atoms with van der Waals surface area (Å²) < 4.78 is 36.3. The first-order valence-corrected chi connectivity index (χ1v) is 21.1. The molecule has 0 saturated heterocycles. The Morgan fingerprint density at radius 1 is 0.385 bits per heavy atom. The Morgan fingerprint density at radius 3 is 0.865 bits per heavy atom. The van der Waals surface area contributed by atoms with Gasteiger partial charge in [0.05, 0.1) is 0 Å². The summed E-state index contributed by atoms with van der Waals surface area (Å²) in [4.78, 5) is 50.4. The minimum absolute atomic E-state index is 0.0216. The molecule has 0 aliphatic heterocycles. The van der Waals surface area contributed by atoms with Crippen molar-refractivity contribution < 1.29 is 37.8 Å². The van der Waals surface area contributed by atoms with E-state index in [4.69, 9.17) is 9.05 Å². The zero-order valence-corrected chi connectivity index (χ0v) is 29.3. The summed E-state index contributed by atoms with van der Waals surface area (Å²) in [5.41, 5.74) is 16.6. The Morgan fingerprint density at radius 2 is 0.615 bits per heavy atom. The maximum atomic E-state index is 12.6. The molecule has 52 heavy (non-hydrogen) atoms. The van der Waals surface area contributed by atoms with Crippen molar-refractivity contribution in [3.63, 3.8) is 0 Å². The first-order valence-electron chi connectivity index (χ1n) is 18.2. The van der Waals surface area contributed by atoms with Crippen LogP contribution in [0.3, 0.4) is 0 Å². The van der Waals surface area contributed by atoms with E-state index in [0.717, 1.165) is 35.1 Å². The smallest absolute Gasteiger partial charge is 0.132 e. The average Bonchev–Trinajstić information content (AvgIpc) is 3.98. The topological polar surface area (TPSA) is 145 Å². The minimum Gasteiger partial charge on any atom is -0.780 e. The second kappa shape index (κ2) is 9.19. The van der Waals surface area contributed by atoms with Crippen molar-refractivity contribution in [2.24, 2.45) is 0 Å². The molecule has 10 heteroatoms. The molecule has 8 atom stereocenters. The molecule has 258 valence electrons. The van der Waals surface area contributed by atoms with E-state index in [1.165, 1.54) is 44.5 Å². The first-order chi connectivity index (χ1) is 25.0. The van der Waals surface area contributed by atoms with Crippen LogP contribution < -0.4 is 28.6 Å². The van der Waals surface area contributed by atoms with Gasteiger partial charge in [0.25, 0.3) is 0 Å². The molecular weight excluding hydrogens is 694 g/mol. The van der Waals surface area contributed by atoms with Crippen LogP contribution in [0.4, 0.5) is 0 Å². The number of benzene rings is 5. The van der Waals surface area contributed by atoms with Gasteiger partial charge < -0.3 is 37.8 Å².